The van der Waals surface area contributed by atoms with Crippen LogP contribution in [0.4, 0.5) is 0 Å². The summed E-state index contributed by atoms with van der Waals surface area (Å²) >= 11 is 0. The number of rotatable bonds is 2. The standard InChI is InChI=1S/C13H21N/c1-11(14-13-8-10(13)9-13)2-4-12(5-3-11)6-7-12/h10,14H,2-9H2,1H3. The Labute approximate surface area is 86.6 Å². The molecule has 4 fully saturated rings. The predicted molar refractivity (Wildman–Crippen MR) is 57.1 cm³/mol. The molecule has 0 radical (unpaired) electrons. The highest BCUT2D eigenvalue weighted by molar-refractivity contribution is 5.28. The third-order valence-electron chi connectivity index (χ3n) is 5.60. The molecular formula is C13H21N. The van der Waals surface area contributed by atoms with E-state index in [1.807, 2.05) is 0 Å². The maximum absolute atomic E-state index is 3.99. The Balaban J connectivity index is 1.44. The lowest BCUT2D eigenvalue weighted by molar-refractivity contribution is 0.181. The maximum atomic E-state index is 3.99. The van der Waals surface area contributed by atoms with Crippen LogP contribution in [0.3, 0.4) is 0 Å². The molecule has 4 aliphatic rings. The molecule has 0 atom stereocenters. The van der Waals surface area contributed by atoms with E-state index in [0.717, 1.165) is 11.3 Å². The molecule has 0 aliphatic heterocycles. The molecule has 14 heavy (non-hydrogen) atoms. The average molecular weight is 191 g/mol. The van der Waals surface area contributed by atoms with Crippen LogP contribution in [0.5, 0.6) is 0 Å². The molecule has 1 heteroatoms. The van der Waals surface area contributed by atoms with Crippen LogP contribution >= 0.6 is 0 Å². The smallest absolute Gasteiger partial charge is 0.0222 e. The molecule has 4 rings (SSSR count). The van der Waals surface area contributed by atoms with Crippen LogP contribution in [0.15, 0.2) is 0 Å². The molecule has 0 unspecified atom stereocenters. The Kier molecular flexibility index (Phi) is 1.20. The molecule has 1 nitrogen and oxygen atoms in total. The summed E-state index contributed by atoms with van der Waals surface area (Å²) in [6.07, 6.45) is 12.0. The Hall–Kier alpha value is -0.0400. The quantitative estimate of drug-likeness (QED) is 0.707. The summed E-state index contributed by atoms with van der Waals surface area (Å²) in [5.41, 5.74) is 2.05. The summed E-state index contributed by atoms with van der Waals surface area (Å²) in [5.74, 6) is 1.09. The minimum atomic E-state index is 0.513. The predicted octanol–water partition coefficient (Wildman–Crippen LogP) is 2.85. The fraction of sp³-hybridized carbons (Fsp3) is 1.00. The molecule has 78 valence electrons. The second-order valence-corrected chi connectivity index (χ2v) is 6.95. The third kappa shape index (κ3) is 1.05. The highest BCUT2D eigenvalue weighted by atomic mass is 15.2. The summed E-state index contributed by atoms with van der Waals surface area (Å²) in [6.45, 7) is 2.48. The summed E-state index contributed by atoms with van der Waals surface area (Å²) < 4.78 is 0. The number of hydrogen-bond donors (Lipinski definition) is 1. The molecule has 1 N–H and O–H groups in total. The fourth-order valence-corrected chi connectivity index (χ4v) is 3.64. The van der Waals surface area contributed by atoms with Crippen molar-refractivity contribution in [1.29, 1.82) is 0 Å². The van der Waals surface area contributed by atoms with Crippen LogP contribution in [0, 0.1) is 11.3 Å². The van der Waals surface area contributed by atoms with E-state index in [9.17, 15) is 0 Å². The van der Waals surface area contributed by atoms with Crippen molar-refractivity contribution in [2.75, 3.05) is 0 Å². The van der Waals surface area contributed by atoms with Crippen LogP contribution in [0.1, 0.15) is 58.3 Å². The van der Waals surface area contributed by atoms with Crippen molar-refractivity contribution in [3.05, 3.63) is 0 Å². The van der Waals surface area contributed by atoms with E-state index < -0.39 is 0 Å². The summed E-state index contributed by atoms with van der Waals surface area (Å²) in [4.78, 5) is 0. The van der Waals surface area contributed by atoms with E-state index in [1.165, 1.54) is 51.4 Å². The molecular weight excluding hydrogens is 170 g/mol. The van der Waals surface area contributed by atoms with Gasteiger partial charge in [-0.2, -0.15) is 0 Å². The number of hydrogen-bond acceptors (Lipinski definition) is 1. The van der Waals surface area contributed by atoms with Gasteiger partial charge < -0.3 is 5.32 Å². The third-order valence-corrected chi connectivity index (χ3v) is 5.60. The molecule has 0 saturated heterocycles. The normalized spacial score (nSPS) is 49.9. The van der Waals surface area contributed by atoms with Crippen molar-refractivity contribution in [1.82, 2.24) is 5.32 Å². The first-order valence-electron chi connectivity index (χ1n) is 6.43. The van der Waals surface area contributed by atoms with E-state index >= 15 is 0 Å². The first kappa shape index (κ1) is 8.15. The zero-order chi connectivity index (χ0) is 9.44. The van der Waals surface area contributed by atoms with Crippen molar-refractivity contribution in [2.45, 2.75) is 69.4 Å². The monoisotopic (exact) mass is 191 g/mol. The number of fused-ring (bicyclic) bond motifs is 1. The lowest BCUT2D eigenvalue weighted by Crippen LogP contribution is -2.49. The van der Waals surface area contributed by atoms with E-state index in [2.05, 4.69) is 12.2 Å². The van der Waals surface area contributed by atoms with E-state index in [-0.39, 0.29) is 0 Å². The van der Waals surface area contributed by atoms with Gasteiger partial charge in [-0.05, 0) is 69.6 Å². The summed E-state index contributed by atoms with van der Waals surface area (Å²) in [5, 5.41) is 3.99. The van der Waals surface area contributed by atoms with Crippen LogP contribution < -0.4 is 5.32 Å². The van der Waals surface area contributed by atoms with Gasteiger partial charge in [0.15, 0.2) is 0 Å². The highest BCUT2D eigenvalue weighted by Crippen LogP contribution is 2.68. The van der Waals surface area contributed by atoms with Gasteiger partial charge in [-0.1, -0.05) is 0 Å². The second kappa shape index (κ2) is 2.07. The topological polar surface area (TPSA) is 12.0 Å². The van der Waals surface area contributed by atoms with Gasteiger partial charge in [-0.25, -0.2) is 0 Å². The van der Waals surface area contributed by atoms with Crippen molar-refractivity contribution < 1.29 is 0 Å². The zero-order valence-corrected chi connectivity index (χ0v) is 9.23. The molecule has 0 heterocycles. The van der Waals surface area contributed by atoms with Crippen molar-refractivity contribution in [2.24, 2.45) is 11.3 Å². The maximum Gasteiger partial charge on any atom is 0.0222 e. The van der Waals surface area contributed by atoms with Crippen molar-refractivity contribution in [3.8, 4) is 0 Å². The largest absolute Gasteiger partial charge is 0.306 e. The van der Waals surface area contributed by atoms with Crippen molar-refractivity contribution in [3.63, 3.8) is 0 Å². The zero-order valence-electron chi connectivity index (χ0n) is 9.23. The van der Waals surface area contributed by atoms with Gasteiger partial charge in [-0.3, -0.25) is 0 Å². The first-order chi connectivity index (χ1) is 6.64. The minimum absolute atomic E-state index is 0.513. The SMILES string of the molecule is CC1(NC23CC2C3)CCC2(CC2)CC1. The van der Waals surface area contributed by atoms with Gasteiger partial charge in [0.25, 0.3) is 0 Å². The van der Waals surface area contributed by atoms with Crippen molar-refractivity contribution >= 4 is 0 Å². The lowest BCUT2D eigenvalue weighted by Gasteiger charge is -2.40. The molecule has 0 aromatic heterocycles. The molecule has 0 aromatic rings. The highest BCUT2D eigenvalue weighted by Gasteiger charge is 2.71. The summed E-state index contributed by atoms with van der Waals surface area (Å²) in [6, 6.07) is 0. The van der Waals surface area contributed by atoms with E-state index in [0.29, 0.717) is 11.1 Å². The Morgan fingerprint density at radius 3 is 1.86 bits per heavy atom. The van der Waals surface area contributed by atoms with Crippen LogP contribution in [0.25, 0.3) is 0 Å². The van der Waals surface area contributed by atoms with Gasteiger partial charge in [0.05, 0.1) is 0 Å². The first-order valence-corrected chi connectivity index (χ1v) is 6.43. The van der Waals surface area contributed by atoms with Gasteiger partial charge >= 0.3 is 0 Å². The van der Waals surface area contributed by atoms with E-state index in [4.69, 9.17) is 0 Å². The summed E-state index contributed by atoms with van der Waals surface area (Å²) in [7, 11) is 0. The Morgan fingerprint density at radius 2 is 1.43 bits per heavy atom. The lowest BCUT2D eigenvalue weighted by atomic mass is 9.75. The molecule has 1 spiro atoms. The Bertz CT molecular complexity index is 274. The van der Waals surface area contributed by atoms with Crippen LogP contribution in [-0.2, 0) is 0 Å². The molecule has 0 amide bonds. The van der Waals surface area contributed by atoms with Gasteiger partial charge in [0.2, 0.25) is 0 Å². The van der Waals surface area contributed by atoms with Gasteiger partial charge in [0.1, 0.15) is 0 Å². The number of nitrogens with one attached hydrogen (secondary N) is 1. The fourth-order valence-electron chi connectivity index (χ4n) is 3.64. The second-order valence-electron chi connectivity index (χ2n) is 6.95. The van der Waals surface area contributed by atoms with Crippen LogP contribution in [0.2, 0.25) is 0 Å². The van der Waals surface area contributed by atoms with Gasteiger partial charge in [-0.15, -0.1) is 0 Å². The minimum Gasteiger partial charge on any atom is -0.306 e. The van der Waals surface area contributed by atoms with Gasteiger partial charge in [0, 0.05) is 11.1 Å². The van der Waals surface area contributed by atoms with Crippen LogP contribution in [-0.4, -0.2) is 11.1 Å². The van der Waals surface area contributed by atoms with E-state index in [1.54, 1.807) is 0 Å². The average Bonchev–Trinajstić information content (AvgIpc) is 2.94. The molecule has 4 aliphatic carbocycles. The molecule has 0 bridgehead atoms. The Morgan fingerprint density at radius 1 is 0.929 bits per heavy atom. The molecule has 0 aromatic carbocycles. The molecule has 4 saturated carbocycles.